The van der Waals surface area contributed by atoms with Crippen molar-refractivity contribution in [2.75, 3.05) is 4.90 Å². The van der Waals surface area contributed by atoms with Gasteiger partial charge in [-0.05, 0) is 29.0 Å². The van der Waals surface area contributed by atoms with Crippen LogP contribution in [0.25, 0.3) is 0 Å². The zero-order chi connectivity index (χ0) is 23.5. The highest BCUT2D eigenvalue weighted by atomic mass is 16.2. The van der Waals surface area contributed by atoms with Crippen molar-refractivity contribution in [3.8, 4) is 0 Å². The molecule has 33 heavy (non-hydrogen) atoms. The summed E-state index contributed by atoms with van der Waals surface area (Å²) in [6.45, 7) is 9.78. The van der Waals surface area contributed by atoms with Crippen molar-refractivity contribution < 1.29 is 14.4 Å². The van der Waals surface area contributed by atoms with Crippen molar-refractivity contribution >= 4 is 23.4 Å². The van der Waals surface area contributed by atoms with Crippen LogP contribution in [0.5, 0.6) is 0 Å². The molecule has 1 unspecified atom stereocenters. The molecule has 0 aliphatic carbocycles. The van der Waals surface area contributed by atoms with Gasteiger partial charge in [0.05, 0.1) is 0 Å². The molecule has 0 spiro atoms. The highest BCUT2D eigenvalue weighted by molar-refractivity contribution is 6.02. The second-order valence-corrected chi connectivity index (χ2v) is 9.89. The van der Waals surface area contributed by atoms with Crippen LogP contribution in [0.4, 0.5) is 5.69 Å². The van der Waals surface area contributed by atoms with E-state index in [1.807, 2.05) is 60.7 Å². The van der Waals surface area contributed by atoms with Gasteiger partial charge in [-0.25, -0.2) is 0 Å². The quantitative estimate of drug-likeness (QED) is 0.738. The molecule has 5 rings (SSSR count). The first kappa shape index (κ1) is 21.4. The number of amides is 3. The van der Waals surface area contributed by atoms with Gasteiger partial charge >= 0.3 is 0 Å². The van der Waals surface area contributed by atoms with E-state index in [4.69, 9.17) is 0 Å². The standard InChI is InChI=1S/C27H29N3O3/c1-5-26(3,4)27-16-22-23(32)28-20(15-18-11-7-6-8-12-18)24(33)30(22)25(27)29(17(2)31)21-14-10-9-13-19(21)27/h5-14,20,22,25H,1,15-16H2,2-4H3,(H,28,32)/t20-,22?,25-,27+/m0/s1. The fourth-order valence-electron chi connectivity index (χ4n) is 6.16. The molecule has 2 fully saturated rings. The summed E-state index contributed by atoms with van der Waals surface area (Å²) in [5.41, 5.74) is 1.65. The molecule has 2 saturated heterocycles. The summed E-state index contributed by atoms with van der Waals surface area (Å²) in [4.78, 5) is 43.7. The van der Waals surface area contributed by atoms with Crippen LogP contribution < -0.4 is 10.2 Å². The molecular weight excluding hydrogens is 414 g/mol. The average Bonchev–Trinajstić information content (AvgIpc) is 3.30. The number of piperazine rings is 1. The number of carbonyl (C=O) groups excluding carboxylic acids is 3. The Kier molecular flexibility index (Phi) is 4.74. The molecule has 0 saturated carbocycles. The Bertz CT molecular complexity index is 1160. The average molecular weight is 444 g/mol. The van der Waals surface area contributed by atoms with Gasteiger partial charge in [-0.15, -0.1) is 6.58 Å². The number of para-hydroxylation sites is 1. The largest absolute Gasteiger partial charge is 0.342 e. The lowest BCUT2D eigenvalue weighted by Gasteiger charge is -2.46. The predicted octanol–water partition coefficient (Wildman–Crippen LogP) is 3.17. The first-order valence-electron chi connectivity index (χ1n) is 11.4. The van der Waals surface area contributed by atoms with Crippen LogP contribution in [0.1, 0.15) is 38.3 Å². The minimum Gasteiger partial charge on any atom is -0.342 e. The smallest absolute Gasteiger partial charge is 0.247 e. The number of allylic oxidation sites excluding steroid dienone is 1. The summed E-state index contributed by atoms with van der Waals surface area (Å²) < 4.78 is 0. The van der Waals surface area contributed by atoms with E-state index >= 15 is 0 Å². The van der Waals surface area contributed by atoms with E-state index in [0.29, 0.717) is 12.8 Å². The fraction of sp³-hybridized carbons (Fsp3) is 0.370. The third-order valence-corrected chi connectivity index (χ3v) is 7.90. The van der Waals surface area contributed by atoms with Crippen molar-refractivity contribution in [2.24, 2.45) is 5.41 Å². The summed E-state index contributed by atoms with van der Waals surface area (Å²) >= 11 is 0. The molecule has 0 aromatic heterocycles. The van der Waals surface area contributed by atoms with Gasteiger partial charge < -0.3 is 10.2 Å². The zero-order valence-corrected chi connectivity index (χ0v) is 19.2. The van der Waals surface area contributed by atoms with E-state index in [-0.39, 0.29) is 17.7 Å². The molecule has 170 valence electrons. The van der Waals surface area contributed by atoms with Crippen LogP contribution >= 0.6 is 0 Å². The summed E-state index contributed by atoms with van der Waals surface area (Å²) in [6, 6.07) is 16.2. The first-order chi connectivity index (χ1) is 15.7. The van der Waals surface area contributed by atoms with Crippen LogP contribution in [-0.4, -0.2) is 40.9 Å². The molecule has 6 heteroatoms. The first-order valence-corrected chi connectivity index (χ1v) is 11.4. The van der Waals surface area contributed by atoms with Gasteiger partial charge in [0.15, 0.2) is 0 Å². The van der Waals surface area contributed by atoms with Crippen LogP contribution in [0.15, 0.2) is 67.3 Å². The third kappa shape index (κ3) is 2.82. The minimum atomic E-state index is -0.670. The van der Waals surface area contributed by atoms with Crippen molar-refractivity contribution in [3.05, 3.63) is 78.4 Å². The van der Waals surface area contributed by atoms with E-state index in [1.165, 1.54) is 6.92 Å². The Hall–Kier alpha value is -3.41. The molecule has 3 aliphatic heterocycles. The maximum atomic E-state index is 13.9. The number of hydrogen-bond acceptors (Lipinski definition) is 3. The predicted molar refractivity (Wildman–Crippen MR) is 126 cm³/mol. The maximum absolute atomic E-state index is 13.9. The molecule has 6 nitrogen and oxygen atoms in total. The molecule has 3 heterocycles. The molecule has 0 radical (unpaired) electrons. The van der Waals surface area contributed by atoms with Crippen molar-refractivity contribution in [1.82, 2.24) is 10.2 Å². The number of benzene rings is 2. The number of rotatable bonds is 4. The fourth-order valence-corrected chi connectivity index (χ4v) is 6.16. The number of nitrogens with zero attached hydrogens (tertiary/aromatic N) is 2. The van der Waals surface area contributed by atoms with E-state index in [0.717, 1.165) is 16.8 Å². The van der Waals surface area contributed by atoms with Gasteiger partial charge in [-0.2, -0.15) is 0 Å². The van der Waals surface area contributed by atoms with E-state index in [1.54, 1.807) is 9.80 Å². The van der Waals surface area contributed by atoms with E-state index in [2.05, 4.69) is 25.7 Å². The Morgan fingerprint density at radius 1 is 1.15 bits per heavy atom. The molecule has 0 bridgehead atoms. The van der Waals surface area contributed by atoms with Crippen molar-refractivity contribution in [2.45, 2.75) is 57.3 Å². The summed E-state index contributed by atoms with van der Waals surface area (Å²) in [7, 11) is 0. The highest BCUT2D eigenvalue weighted by Crippen LogP contribution is 2.62. The van der Waals surface area contributed by atoms with Crippen molar-refractivity contribution in [1.29, 1.82) is 0 Å². The maximum Gasteiger partial charge on any atom is 0.247 e. The van der Waals surface area contributed by atoms with Crippen LogP contribution in [0.2, 0.25) is 0 Å². The number of carbonyl (C=O) groups is 3. The monoisotopic (exact) mass is 443 g/mol. The number of anilines is 1. The highest BCUT2D eigenvalue weighted by Gasteiger charge is 2.69. The number of hydrogen-bond donors (Lipinski definition) is 1. The third-order valence-electron chi connectivity index (χ3n) is 7.90. The van der Waals surface area contributed by atoms with Gasteiger partial charge in [-0.1, -0.05) is 68.5 Å². The number of nitrogens with one attached hydrogen (secondary N) is 1. The Morgan fingerprint density at radius 3 is 2.48 bits per heavy atom. The summed E-state index contributed by atoms with van der Waals surface area (Å²) in [5.74, 6) is -0.451. The lowest BCUT2D eigenvalue weighted by molar-refractivity contribution is -0.149. The lowest BCUT2D eigenvalue weighted by Crippen LogP contribution is -2.66. The lowest BCUT2D eigenvalue weighted by atomic mass is 9.60. The van der Waals surface area contributed by atoms with Gasteiger partial charge in [0, 0.05) is 24.4 Å². The van der Waals surface area contributed by atoms with Crippen LogP contribution in [0.3, 0.4) is 0 Å². The zero-order valence-electron chi connectivity index (χ0n) is 19.2. The summed E-state index contributed by atoms with van der Waals surface area (Å²) in [6.07, 6.45) is 2.16. The molecular formula is C27H29N3O3. The SMILES string of the molecule is C=CC(C)(C)[C@@]12CC3C(=O)N[C@@H](Cc4ccccc4)C(=O)N3[C@@H]1N(C(C)=O)c1ccccc12. The topological polar surface area (TPSA) is 69.7 Å². The molecule has 3 amide bonds. The second-order valence-electron chi connectivity index (χ2n) is 9.89. The Labute approximate surface area is 194 Å². The Morgan fingerprint density at radius 2 is 1.82 bits per heavy atom. The number of fused-ring (bicyclic) bond motifs is 5. The van der Waals surface area contributed by atoms with Crippen molar-refractivity contribution in [3.63, 3.8) is 0 Å². The van der Waals surface area contributed by atoms with Gasteiger partial charge in [0.25, 0.3) is 0 Å². The molecule has 4 atom stereocenters. The van der Waals surface area contributed by atoms with E-state index < -0.39 is 29.1 Å². The minimum absolute atomic E-state index is 0.144. The van der Waals surface area contributed by atoms with E-state index in [9.17, 15) is 14.4 Å². The molecule has 3 aliphatic rings. The second kappa shape index (κ2) is 7.30. The van der Waals surface area contributed by atoms with Crippen LogP contribution in [0, 0.1) is 5.41 Å². The molecule has 1 N–H and O–H groups in total. The van der Waals surface area contributed by atoms with Gasteiger partial charge in [0.1, 0.15) is 18.2 Å². The van der Waals surface area contributed by atoms with Gasteiger partial charge in [0.2, 0.25) is 17.7 Å². The normalized spacial score (nSPS) is 28.2. The van der Waals surface area contributed by atoms with Crippen LogP contribution in [-0.2, 0) is 26.2 Å². The van der Waals surface area contributed by atoms with Gasteiger partial charge in [-0.3, -0.25) is 19.3 Å². The molecule has 2 aromatic rings. The Balaban J connectivity index is 1.66. The molecule has 2 aromatic carbocycles. The summed E-state index contributed by atoms with van der Waals surface area (Å²) in [5, 5.41) is 2.97.